The topological polar surface area (TPSA) is 49.4 Å². The smallest absolute Gasteiger partial charge is 0.225 e. The Morgan fingerprint density at radius 3 is 2.67 bits per heavy atom. The number of hydrogen-bond acceptors (Lipinski definition) is 2. The van der Waals surface area contributed by atoms with Gasteiger partial charge in [0.1, 0.15) is 0 Å². The highest BCUT2D eigenvalue weighted by Gasteiger charge is 2.35. The molecule has 4 heteroatoms. The lowest BCUT2D eigenvalue weighted by Gasteiger charge is -2.20. The molecule has 2 rings (SSSR count). The molecule has 1 aliphatic heterocycles. The summed E-state index contributed by atoms with van der Waals surface area (Å²) in [6, 6.07) is 10.4. The molecule has 2 amide bonds. The van der Waals surface area contributed by atoms with Gasteiger partial charge in [-0.2, -0.15) is 0 Å². The SMILES string of the molecule is CC(C)N1C[C@H](C(=O)NCCCc2ccccc2)CC1=O. The molecule has 4 nitrogen and oxygen atoms in total. The summed E-state index contributed by atoms with van der Waals surface area (Å²) in [6.07, 6.45) is 2.23. The van der Waals surface area contributed by atoms with Crippen LogP contribution in [0.2, 0.25) is 0 Å². The molecule has 114 valence electrons. The van der Waals surface area contributed by atoms with Crippen LogP contribution >= 0.6 is 0 Å². The molecule has 0 aliphatic carbocycles. The lowest BCUT2D eigenvalue weighted by Crippen LogP contribution is -2.35. The minimum Gasteiger partial charge on any atom is -0.356 e. The number of rotatable bonds is 6. The van der Waals surface area contributed by atoms with Crippen LogP contribution in [0.4, 0.5) is 0 Å². The van der Waals surface area contributed by atoms with Crippen LogP contribution in [0.15, 0.2) is 30.3 Å². The third kappa shape index (κ3) is 4.31. The summed E-state index contributed by atoms with van der Waals surface area (Å²) in [5.74, 6) is -0.0781. The van der Waals surface area contributed by atoms with Crippen molar-refractivity contribution in [3.8, 4) is 0 Å². The molecule has 1 aromatic carbocycles. The van der Waals surface area contributed by atoms with E-state index in [9.17, 15) is 9.59 Å². The summed E-state index contributed by atoms with van der Waals surface area (Å²) in [7, 11) is 0. The Morgan fingerprint density at radius 1 is 1.33 bits per heavy atom. The number of amides is 2. The zero-order valence-corrected chi connectivity index (χ0v) is 12.8. The van der Waals surface area contributed by atoms with Crippen molar-refractivity contribution < 1.29 is 9.59 Å². The van der Waals surface area contributed by atoms with E-state index in [4.69, 9.17) is 0 Å². The fourth-order valence-electron chi connectivity index (χ4n) is 2.70. The highest BCUT2D eigenvalue weighted by atomic mass is 16.2. The molecule has 0 bridgehead atoms. The first-order chi connectivity index (χ1) is 10.1. The minimum atomic E-state index is -0.184. The highest BCUT2D eigenvalue weighted by molar-refractivity contribution is 5.89. The average Bonchev–Trinajstić information content (AvgIpc) is 2.87. The van der Waals surface area contributed by atoms with E-state index >= 15 is 0 Å². The fourth-order valence-corrected chi connectivity index (χ4v) is 2.70. The number of likely N-dealkylation sites (tertiary alicyclic amines) is 1. The Balaban J connectivity index is 1.70. The van der Waals surface area contributed by atoms with Gasteiger partial charge in [0, 0.05) is 25.6 Å². The molecule has 1 aliphatic rings. The van der Waals surface area contributed by atoms with Crippen LogP contribution in [0.1, 0.15) is 32.3 Å². The molecular weight excluding hydrogens is 264 g/mol. The summed E-state index contributed by atoms with van der Waals surface area (Å²) in [5, 5.41) is 2.96. The Kier molecular flexibility index (Phi) is 5.37. The number of carbonyl (C=O) groups excluding carboxylic acids is 2. The van der Waals surface area contributed by atoms with Crippen LogP contribution < -0.4 is 5.32 Å². The molecule has 1 saturated heterocycles. The van der Waals surface area contributed by atoms with Gasteiger partial charge in [0.25, 0.3) is 0 Å². The van der Waals surface area contributed by atoms with E-state index in [0.717, 1.165) is 12.8 Å². The second-order valence-corrected chi connectivity index (χ2v) is 5.92. The van der Waals surface area contributed by atoms with E-state index in [1.165, 1.54) is 5.56 Å². The molecular formula is C17H24N2O2. The molecule has 0 saturated carbocycles. The second kappa shape index (κ2) is 7.25. The van der Waals surface area contributed by atoms with Gasteiger partial charge in [0.15, 0.2) is 0 Å². The number of carbonyl (C=O) groups is 2. The van der Waals surface area contributed by atoms with E-state index in [1.807, 2.05) is 32.0 Å². The quantitative estimate of drug-likeness (QED) is 0.814. The van der Waals surface area contributed by atoms with Gasteiger partial charge in [-0.15, -0.1) is 0 Å². The molecule has 1 aromatic rings. The second-order valence-electron chi connectivity index (χ2n) is 5.92. The maximum absolute atomic E-state index is 12.1. The Bertz CT molecular complexity index is 485. The van der Waals surface area contributed by atoms with Crippen molar-refractivity contribution in [3.05, 3.63) is 35.9 Å². The first-order valence-corrected chi connectivity index (χ1v) is 7.69. The Morgan fingerprint density at radius 2 is 2.05 bits per heavy atom. The van der Waals surface area contributed by atoms with E-state index in [0.29, 0.717) is 19.5 Å². The molecule has 0 unspecified atom stereocenters. The van der Waals surface area contributed by atoms with Crippen molar-refractivity contribution >= 4 is 11.8 Å². The Hall–Kier alpha value is -1.84. The van der Waals surface area contributed by atoms with Gasteiger partial charge in [0.05, 0.1) is 5.92 Å². The monoisotopic (exact) mass is 288 g/mol. The first-order valence-electron chi connectivity index (χ1n) is 7.69. The molecule has 1 atom stereocenters. The molecule has 1 N–H and O–H groups in total. The standard InChI is InChI=1S/C17H24N2O2/c1-13(2)19-12-15(11-16(19)20)17(21)18-10-6-9-14-7-4-3-5-8-14/h3-5,7-8,13,15H,6,9-12H2,1-2H3,(H,18,21)/t15-/m1/s1. The number of nitrogens with one attached hydrogen (secondary N) is 1. The zero-order chi connectivity index (χ0) is 15.2. The van der Waals surface area contributed by atoms with Crippen LogP contribution in [-0.2, 0) is 16.0 Å². The number of aryl methyl sites for hydroxylation is 1. The molecule has 0 spiro atoms. The molecule has 0 radical (unpaired) electrons. The van der Waals surface area contributed by atoms with E-state index in [-0.39, 0.29) is 23.8 Å². The summed E-state index contributed by atoms with van der Waals surface area (Å²) >= 11 is 0. The summed E-state index contributed by atoms with van der Waals surface area (Å²) in [4.78, 5) is 25.7. The van der Waals surface area contributed by atoms with Crippen LogP contribution in [0, 0.1) is 5.92 Å². The molecule has 1 heterocycles. The van der Waals surface area contributed by atoms with Crippen LogP contribution in [-0.4, -0.2) is 35.8 Å². The van der Waals surface area contributed by atoms with Gasteiger partial charge >= 0.3 is 0 Å². The first kappa shape index (κ1) is 15.5. The lowest BCUT2D eigenvalue weighted by molar-refractivity contribution is -0.129. The van der Waals surface area contributed by atoms with Crippen LogP contribution in [0.25, 0.3) is 0 Å². The van der Waals surface area contributed by atoms with Crippen molar-refractivity contribution in [3.63, 3.8) is 0 Å². The average molecular weight is 288 g/mol. The number of nitrogens with zero attached hydrogens (tertiary/aromatic N) is 1. The number of benzene rings is 1. The number of hydrogen-bond donors (Lipinski definition) is 1. The molecule has 21 heavy (non-hydrogen) atoms. The van der Waals surface area contributed by atoms with Crippen LogP contribution in [0.3, 0.4) is 0 Å². The zero-order valence-electron chi connectivity index (χ0n) is 12.8. The predicted molar refractivity (Wildman–Crippen MR) is 82.7 cm³/mol. The maximum atomic E-state index is 12.1. The molecule has 1 fully saturated rings. The normalized spacial score (nSPS) is 18.3. The van der Waals surface area contributed by atoms with Crippen molar-refractivity contribution in [2.75, 3.05) is 13.1 Å². The van der Waals surface area contributed by atoms with E-state index in [1.54, 1.807) is 4.90 Å². The third-order valence-electron chi connectivity index (χ3n) is 3.94. The van der Waals surface area contributed by atoms with Crippen molar-refractivity contribution in [2.45, 2.75) is 39.2 Å². The van der Waals surface area contributed by atoms with E-state index < -0.39 is 0 Å². The Labute approximate surface area is 126 Å². The van der Waals surface area contributed by atoms with Gasteiger partial charge in [-0.25, -0.2) is 0 Å². The summed E-state index contributed by atoms with van der Waals surface area (Å²) in [5.41, 5.74) is 1.29. The predicted octanol–water partition coefficient (Wildman–Crippen LogP) is 1.99. The van der Waals surface area contributed by atoms with Crippen molar-refractivity contribution in [1.82, 2.24) is 10.2 Å². The van der Waals surface area contributed by atoms with Gasteiger partial charge in [-0.3, -0.25) is 9.59 Å². The summed E-state index contributed by atoms with van der Waals surface area (Å²) in [6.45, 7) is 5.19. The fraction of sp³-hybridized carbons (Fsp3) is 0.529. The van der Waals surface area contributed by atoms with Gasteiger partial charge < -0.3 is 10.2 Å². The molecule has 0 aromatic heterocycles. The third-order valence-corrected chi connectivity index (χ3v) is 3.94. The lowest BCUT2D eigenvalue weighted by atomic mass is 10.1. The highest BCUT2D eigenvalue weighted by Crippen LogP contribution is 2.20. The minimum absolute atomic E-state index is 0.0135. The van der Waals surface area contributed by atoms with Gasteiger partial charge in [-0.05, 0) is 32.3 Å². The van der Waals surface area contributed by atoms with Crippen molar-refractivity contribution in [2.24, 2.45) is 5.92 Å². The van der Waals surface area contributed by atoms with Gasteiger partial charge in [0.2, 0.25) is 11.8 Å². The maximum Gasteiger partial charge on any atom is 0.225 e. The van der Waals surface area contributed by atoms with E-state index in [2.05, 4.69) is 17.4 Å². The largest absolute Gasteiger partial charge is 0.356 e. The van der Waals surface area contributed by atoms with Crippen molar-refractivity contribution in [1.29, 1.82) is 0 Å². The van der Waals surface area contributed by atoms with Crippen LogP contribution in [0.5, 0.6) is 0 Å². The van der Waals surface area contributed by atoms with Gasteiger partial charge in [-0.1, -0.05) is 30.3 Å². The summed E-state index contributed by atoms with van der Waals surface area (Å²) < 4.78 is 0.